The number of benzene rings is 1. The van der Waals surface area contributed by atoms with Gasteiger partial charge in [-0.2, -0.15) is 5.26 Å². The summed E-state index contributed by atoms with van der Waals surface area (Å²) in [5, 5.41) is 22.1. The lowest BCUT2D eigenvalue weighted by molar-refractivity contribution is -0.113. The predicted molar refractivity (Wildman–Crippen MR) is 124 cm³/mol. The Kier molecular flexibility index (Phi) is 7.58. The van der Waals surface area contributed by atoms with Crippen molar-refractivity contribution in [3.63, 3.8) is 0 Å². The molecule has 0 aliphatic rings. The van der Waals surface area contributed by atoms with Crippen molar-refractivity contribution < 1.29 is 4.79 Å². The van der Waals surface area contributed by atoms with Gasteiger partial charge in [-0.3, -0.25) is 4.79 Å². The fraction of sp³-hybridized carbons (Fsp3) is 0.333. The highest BCUT2D eigenvalue weighted by Crippen LogP contribution is 2.32. The van der Waals surface area contributed by atoms with E-state index in [9.17, 15) is 10.1 Å². The van der Waals surface area contributed by atoms with Gasteiger partial charge in [-0.25, -0.2) is 0 Å². The topological polar surface area (TPSA) is 83.6 Å². The molecule has 0 bridgehead atoms. The molecule has 0 spiro atoms. The Labute approximate surface area is 189 Å². The maximum atomic E-state index is 12.4. The van der Waals surface area contributed by atoms with Crippen LogP contribution in [0.2, 0.25) is 0 Å². The van der Waals surface area contributed by atoms with Gasteiger partial charge in [0.1, 0.15) is 16.9 Å². The Morgan fingerprint density at radius 3 is 2.60 bits per heavy atom. The van der Waals surface area contributed by atoms with Gasteiger partial charge >= 0.3 is 0 Å². The molecule has 156 valence electrons. The minimum atomic E-state index is -0.154. The van der Waals surface area contributed by atoms with Crippen molar-refractivity contribution in [1.29, 1.82) is 5.26 Å². The van der Waals surface area contributed by atoms with E-state index in [0.29, 0.717) is 10.6 Å². The number of thiophene rings is 1. The number of nitrogens with zero attached hydrogens (tertiary/aromatic N) is 4. The summed E-state index contributed by atoms with van der Waals surface area (Å²) in [6.07, 6.45) is 0. The average molecular weight is 458 g/mol. The van der Waals surface area contributed by atoms with Crippen LogP contribution in [0.25, 0.3) is 0 Å². The highest BCUT2D eigenvalue weighted by Gasteiger charge is 2.17. The zero-order valence-corrected chi connectivity index (χ0v) is 19.8. The van der Waals surface area contributed by atoms with Gasteiger partial charge in [0.05, 0.1) is 17.1 Å². The molecule has 30 heavy (non-hydrogen) atoms. The van der Waals surface area contributed by atoms with Crippen molar-refractivity contribution >= 4 is 45.8 Å². The molecule has 6 nitrogen and oxygen atoms in total. The number of rotatable bonds is 8. The van der Waals surface area contributed by atoms with Gasteiger partial charge < -0.3 is 9.88 Å². The summed E-state index contributed by atoms with van der Waals surface area (Å²) >= 11 is 4.51. The van der Waals surface area contributed by atoms with Crippen LogP contribution in [-0.4, -0.2) is 26.4 Å². The van der Waals surface area contributed by atoms with Crippen molar-refractivity contribution in [3.8, 4) is 6.07 Å². The molecule has 2 aromatic heterocycles. The molecule has 1 N–H and O–H groups in total. The van der Waals surface area contributed by atoms with Crippen LogP contribution in [0, 0.1) is 32.1 Å². The molecular weight excluding hydrogens is 434 g/mol. The molecule has 3 aromatic rings. The van der Waals surface area contributed by atoms with Gasteiger partial charge in [-0.15, -0.1) is 33.3 Å². The van der Waals surface area contributed by atoms with Gasteiger partial charge in [0, 0.05) is 16.3 Å². The molecular formula is C21H23N5OS3. The zero-order chi connectivity index (χ0) is 21.7. The van der Waals surface area contributed by atoms with Crippen LogP contribution in [0.4, 0.5) is 5.00 Å². The first-order chi connectivity index (χ1) is 14.4. The predicted octanol–water partition coefficient (Wildman–Crippen LogP) is 5.18. The number of aromatic nitrogens is 3. The van der Waals surface area contributed by atoms with Gasteiger partial charge in [0.15, 0.2) is 5.16 Å². The molecule has 3 rings (SSSR count). The lowest BCUT2D eigenvalue weighted by Gasteiger charge is -2.07. The number of hydrogen-bond donors (Lipinski definition) is 1. The Morgan fingerprint density at radius 2 is 1.93 bits per heavy atom. The van der Waals surface area contributed by atoms with Crippen LogP contribution < -0.4 is 5.32 Å². The molecule has 0 atom stereocenters. The number of anilines is 1. The summed E-state index contributed by atoms with van der Waals surface area (Å²) < 4.78 is 2.04. The summed E-state index contributed by atoms with van der Waals surface area (Å²) in [6.45, 7) is 8.70. The molecule has 0 saturated heterocycles. The van der Waals surface area contributed by atoms with E-state index in [-0.39, 0.29) is 11.7 Å². The van der Waals surface area contributed by atoms with E-state index >= 15 is 0 Å². The quantitative estimate of drug-likeness (QED) is 0.469. The maximum Gasteiger partial charge on any atom is 0.235 e. The van der Waals surface area contributed by atoms with Gasteiger partial charge in [-0.1, -0.05) is 29.5 Å². The molecule has 2 heterocycles. The Bertz CT molecular complexity index is 1080. The van der Waals surface area contributed by atoms with Gasteiger partial charge in [-0.05, 0) is 45.4 Å². The largest absolute Gasteiger partial charge is 0.316 e. The summed E-state index contributed by atoms with van der Waals surface area (Å²) in [6, 6.07) is 10.6. The molecule has 0 saturated carbocycles. The molecule has 0 unspecified atom stereocenters. The maximum absolute atomic E-state index is 12.4. The Morgan fingerprint density at radius 1 is 1.20 bits per heavy atom. The van der Waals surface area contributed by atoms with Crippen molar-refractivity contribution in [1.82, 2.24) is 14.8 Å². The lowest BCUT2D eigenvalue weighted by Crippen LogP contribution is -2.14. The van der Waals surface area contributed by atoms with Crippen LogP contribution in [0.1, 0.15) is 34.3 Å². The first-order valence-corrected chi connectivity index (χ1v) is 12.3. The van der Waals surface area contributed by atoms with Crippen LogP contribution in [0.5, 0.6) is 0 Å². The molecule has 0 fully saturated rings. The molecule has 1 amide bonds. The minimum absolute atomic E-state index is 0.154. The van der Waals surface area contributed by atoms with E-state index in [1.54, 1.807) is 11.8 Å². The van der Waals surface area contributed by atoms with Crippen molar-refractivity contribution in [3.05, 3.63) is 51.7 Å². The summed E-state index contributed by atoms with van der Waals surface area (Å²) in [5.74, 6) is 1.67. The fourth-order valence-corrected chi connectivity index (χ4v) is 5.46. The molecule has 9 heteroatoms. The third kappa shape index (κ3) is 5.25. The third-order valence-electron chi connectivity index (χ3n) is 4.58. The first kappa shape index (κ1) is 22.4. The van der Waals surface area contributed by atoms with Crippen LogP contribution in [0.15, 0.2) is 34.3 Å². The number of nitriles is 1. The molecule has 0 aliphatic heterocycles. The van der Waals surface area contributed by atoms with E-state index in [0.717, 1.165) is 33.7 Å². The number of nitrogens with one attached hydrogen (secondary N) is 1. The summed E-state index contributed by atoms with van der Waals surface area (Å²) in [7, 11) is 0. The highest BCUT2D eigenvalue weighted by atomic mass is 32.2. The normalized spacial score (nSPS) is 10.8. The number of hydrogen-bond acceptors (Lipinski definition) is 7. The van der Waals surface area contributed by atoms with Crippen LogP contribution >= 0.6 is 34.9 Å². The Hall–Kier alpha value is -2.28. The van der Waals surface area contributed by atoms with E-state index in [1.165, 1.54) is 33.6 Å². The first-order valence-electron chi connectivity index (χ1n) is 9.47. The lowest BCUT2D eigenvalue weighted by atomic mass is 10.2. The van der Waals surface area contributed by atoms with Crippen LogP contribution in [-0.2, 0) is 17.1 Å². The second kappa shape index (κ2) is 10.2. The van der Waals surface area contributed by atoms with Crippen LogP contribution in [0.3, 0.4) is 0 Å². The summed E-state index contributed by atoms with van der Waals surface area (Å²) in [4.78, 5) is 14.7. The standard InChI is InChI=1S/C21H23N5OS3/c1-5-26-18(11-28-16-8-6-13(2)7-9-16)24-25-21(26)29-12-19(27)23-20-17(10-22)14(3)15(4)30-20/h6-9H,5,11-12H2,1-4H3,(H,23,27). The number of carbonyl (C=O) groups excluding carboxylic acids is 1. The fourth-order valence-electron chi connectivity index (χ4n) is 2.78. The summed E-state index contributed by atoms with van der Waals surface area (Å²) in [5.41, 5.74) is 2.71. The number of aryl methyl sites for hydroxylation is 2. The van der Waals surface area contributed by atoms with E-state index in [2.05, 4.69) is 52.8 Å². The zero-order valence-electron chi connectivity index (χ0n) is 17.4. The smallest absolute Gasteiger partial charge is 0.235 e. The van der Waals surface area contributed by atoms with Gasteiger partial charge in [0.2, 0.25) is 5.91 Å². The monoisotopic (exact) mass is 457 g/mol. The number of amides is 1. The van der Waals surface area contributed by atoms with Crippen molar-refractivity contribution in [2.24, 2.45) is 0 Å². The molecule has 1 aromatic carbocycles. The second-order valence-corrected chi connectivity index (χ2v) is 9.90. The number of carbonyl (C=O) groups is 1. The third-order valence-corrected chi connectivity index (χ3v) is 7.68. The number of thioether (sulfide) groups is 2. The van der Waals surface area contributed by atoms with E-state index in [1.807, 2.05) is 25.3 Å². The van der Waals surface area contributed by atoms with Crippen molar-refractivity contribution in [2.75, 3.05) is 11.1 Å². The Balaban J connectivity index is 1.60. The average Bonchev–Trinajstić information content (AvgIpc) is 3.25. The second-order valence-electron chi connectivity index (χ2n) is 6.68. The molecule has 0 aliphatic carbocycles. The molecule has 0 radical (unpaired) electrons. The van der Waals surface area contributed by atoms with Crippen molar-refractivity contribution in [2.45, 2.75) is 50.0 Å². The minimum Gasteiger partial charge on any atom is -0.316 e. The highest BCUT2D eigenvalue weighted by molar-refractivity contribution is 7.99. The van der Waals surface area contributed by atoms with Gasteiger partial charge in [0.25, 0.3) is 0 Å². The SMILES string of the molecule is CCn1c(CSc2ccc(C)cc2)nnc1SCC(=O)Nc1sc(C)c(C)c1C#N. The van der Waals surface area contributed by atoms with E-state index < -0.39 is 0 Å². The van der Waals surface area contributed by atoms with E-state index in [4.69, 9.17) is 0 Å².